The van der Waals surface area contributed by atoms with Gasteiger partial charge in [-0.2, -0.15) is 0 Å². The number of halogens is 3. The van der Waals surface area contributed by atoms with E-state index in [0.29, 0.717) is 22.1 Å². The molecule has 1 N–H and O–H groups in total. The van der Waals surface area contributed by atoms with E-state index in [9.17, 15) is 9.50 Å². The van der Waals surface area contributed by atoms with E-state index in [1.54, 1.807) is 25.1 Å². The predicted octanol–water partition coefficient (Wildman–Crippen LogP) is 4.98. The first-order chi connectivity index (χ1) is 8.97. The number of aliphatic hydroxyl groups excluding tert-OH is 1. The molecule has 0 aliphatic carbocycles. The van der Waals surface area contributed by atoms with Crippen LogP contribution in [-0.2, 0) is 0 Å². The topological polar surface area (TPSA) is 29.5 Å². The number of rotatable bonds is 3. The second-order valence-corrected chi connectivity index (χ2v) is 4.86. The Balaban J connectivity index is 2.25. The highest BCUT2D eigenvalue weighted by Gasteiger charge is 2.08. The van der Waals surface area contributed by atoms with Gasteiger partial charge in [0.2, 0.25) is 0 Å². The van der Waals surface area contributed by atoms with E-state index in [1.165, 1.54) is 18.2 Å². The average molecular weight is 301 g/mol. The van der Waals surface area contributed by atoms with Crippen LogP contribution in [0.2, 0.25) is 10.0 Å². The summed E-state index contributed by atoms with van der Waals surface area (Å²) >= 11 is 11.7. The molecule has 0 spiro atoms. The third-order valence-electron chi connectivity index (χ3n) is 2.56. The van der Waals surface area contributed by atoms with Crippen molar-refractivity contribution in [3.8, 4) is 11.5 Å². The molecule has 2 nitrogen and oxygen atoms in total. The quantitative estimate of drug-likeness (QED) is 0.866. The van der Waals surface area contributed by atoms with Crippen LogP contribution in [0.3, 0.4) is 0 Å². The Kier molecular flexibility index (Phi) is 4.30. The van der Waals surface area contributed by atoms with E-state index in [2.05, 4.69) is 0 Å². The zero-order valence-corrected chi connectivity index (χ0v) is 11.5. The Bertz CT molecular complexity index is 600. The summed E-state index contributed by atoms with van der Waals surface area (Å²) in [6.07, 6.45) is -0.605. The van der Waals surface area contributed by atoms with Crippen molar-refractivity contribution in [2.75, 3.05) is 0 Å². The summed E-state index contributed by atoms with van der Waals surface area (Å²) in [4.78, 5) is 0. The number of aliphatic hydroxyl groups is 1. The van der Waals surface area contributed by atoms with Crippen molar-refractivity contribution >= 4 is 23.2 Å². The standard InChI is InChI=1S/C14H11Cl2FO2/c1-8(18)9-2-5-14(12(16)6-9)19-10-3-4-13(17)11(15)7-10/h2-8,18H,1H3/t8-/m1/s1. The van der Waals surface area contributed by atoms with Crippen LogP contribution < -0.4 is 4.74 Å². The number of hydrogen-bond acceptors (Lipinski definition) is 2. The van der Waals surface area contributed by atoms with Gasteiger partial charge in [0.05, 0.1) is 16.1 Å². The van der Waals surface area contributed by atoms with E-state index < -0.39 is 11.9 Å². The minimum absolute atomic E-state index is 0.0192. The Morgan fingerprint density at radius 2 is 1.84 bits per heavy atom. The lowest BCUT2D eigenvalue weighted by Crippen LogP contribution is -1.92. The van der Waals surface area contributed by atoms with Gasteiger partial charge in [-0.1, -0.05) is 29.3 Å². The van der Waals surface area contributed by atoms with Crippen LogP contribution >= 0.6 is 23.2 Å². The Morgan fingerprint density at radius 3 is 2.42 bits per heavy atom. The summed E-state index contributed by atoms with van der Waals surface area (Å²) in [6.45, 7) is 1.64. The first-order valence-corrected chi connectivity index (χ1v) is 6.33. The van der Waals surface area contributed by atoms with Gasteiger partial charge in [0.25, 0.3) is 0 Å². The summed E-state index contributed by atoms with van der Waals surface area (Å²) in [5, 5.41) is 9.78. The molecule has 0 saturated carbocycles. The monoisotopic (exact) mass is 300 g/mol. The van der Waals surface area contributed by atoms with E-state index in [4.69, 9.17) is 27.9 Å². The minimum Gasteiger partial charge on any atom is -0.456 e. The van der Waals surface area contributed by atoms with Gasteiger partial charge in [0, 0.05) is 6.07 Å². The molecule has 0 fully saturated rings. The lowest BCUT2D eigenvalue weighted by atomic mass is 10.1. The molecule has 0 unspecified atom stereocenters. The molecule has 0 aliphatic rings. The number of benzene rings is 2. The molecule has 2 rings (SSSR count). The van der Waals surface area contributed by atoms with Crippen LogP contribution in [0.4, 0.5) is 4.39 Å². The highest BCUT2D eigenvalue weighted by atomic mass is 35.5. The molecular formula is C14H11Cl2FO2. The molecule has 0 aromatic heterocycles. The molecule has 0 radical (unpaired) electrons. The fourth-order valence-corrected chi connectivity index (χ4v) is 1.93. The van der Waals surface area contributed by atoms with Crippen molar-refractivity contribution in [2.45, 2.75) is 13.0 Å². The highest BCUT2D eigenvalue weighted by Crippen LogP contribution is 2.32. The maximum atomic E-state index is 13.0. The van der Waals surface area contributed by atoms with Crippen LogP contribution in [0.15, 0.2) is 36.4 Å². The zero-order valence-electron chi connectivity index (χ0n) is 10.0. The molecule has 2 aromatic carbocycles. The Labute approximate surface area is 120 Å². The molecule has 0 aliphatic heterocycles. The van der Waals surface area contributed by atoms with Crippen LogP contribution in [0.1, 0.15) is 18.6 Å². The zero-order chi connectivity index (χ0) is 14.0. The minimum atomic E-state index is -0.605. The maximum Gasteiger partial charge on any atom is 0.146 e. The van der Waals surface area contributed by atoms with Crippen molar-refractivity contribution in [3.63, 3.8) is 0 Å². The smallest absolute Gasteiger partial charge is 0.146 e. The van der Waals surface area contributed by atoms with E-state index in [1.807, 2.05) is 0 Å². The molecular weight excluding hydrogens is 290 g/mol. The van der Waals surface area contributed by atoms with Crippen molar-refractivity contribution < 1.29 is 14.2 Å². The van der Waals surface area contributed by atoms with Gasteiger partial charge in [0.1, 0.15) is 17.3 Å². The Hall–Kier alpha value is -1.29. The van der Waals surface area contributed by atoms with Crippen molar-refractivity contribution in [1.82, 2.24) is 0 Å². The van der Waals surface area contributed by atoms with E-state index in [0.717, 1.165) is 0 Å². The molecule has 2 aromatic rings. The second kappa shape index (κ2) is 5.78. The molecule has 5 heteroatoms. The lowest BCUT2D eigenvalue weighted by Gasteiger charge is -2.10. The first kappa shape index (κ1) is 14.1. The predicted molar refractivity (Wildman–Crippen MR) is 73.6 cm³/mol. The molecule has 19 heavy (non-hydrogen) atoms. The van der Waals surface area contributed by atoms with Gasteiger partial charge in [0.15, 0.2) is 0 Å². The molecule has 100 valence electrons. The number of ether oxygens (including phenoxy) is 1. The highest BCUT2D eigenvalue weighted by molar-refractivity contribution is 6.32. The van der Waals surface area contributed by atoms with E-state index >= 15 is 0 Å². The normalized spacial score (nSPS) is 12.3. The van der Waals surface area contributed by atoms with Gasteiger partial charge < -0.3 is 9.84 Å². The summed E-state index contributed by atoms with van der Waals surface area (Å²) in [7, 11) is 0. The summed E-state index contributed by atoms with van der Waals surface area (Å²) in [6, 6.07) is 9.01. The van der Waals surface area contributed by atoms with Crippen LogP contribution in [0.25, 0.3) is 0 Å². The summed E-state index contributed by atoms with van der Waals surface area (Å²) < 4.78 is 18.5. The van der Waals surface area contributed by atoms with Crippen LogP contribution in [0, 0.1) is 5.82 Å². The average Bonchev–Trinajstić information content (AvgIpc) is 2.36. The molecule has 0 bridgehead atoms. The largest absolute Gasteiger partial charge is 0.456 e. The Morgan fingerprint density at radius 1 is 1.11 bits per heavy atom. The second-order valence-electron chi connectivity index (χ2n) is 4.04. The third kappa shape index (κ3) is 3.38. The fourth-order valence-electron chi connectivity index (χ4n) is 1.53. The van der Waals surface area contributed by atoms with Crippen molar-refractivity contribution in [1.29, 1.82) is 0 Å². The third-order valence-corrected chi connectivity index (χ3v) is 3.14. The van der Waals surface area contributed by atoms with Crippen molar-refractivity contribution in [2.24, 2.45) is 0 Å². The van der Waals surface area contributed by atoms with Gasteiger partial charge in [-0.05, 0) is 36.8 Å². The summed E-state index contributed by atoms with van der Waals surface area (Å²) in [5.41, 5.74) is 0.689. The molecule has 0 amide bonds. The lowest BCUT2D eigenvalue weighted by molar-refractivity contribution is 0.199. The van der Waals surface area contributed by atoms with Gasteiger partial charge in [-0.15, -0.1) is 0 Å². The van der Waals surface area contributed by atoms with Crippen LogP contribution in [-0.4, -0.2) is 5.11 Å². The van der Waals surface area contributed by atoms with Gasteiger partial charge >= 0.3 is 0 Å². The maximum absolute atomic E-state index is 13.0. The van der Waals surface area contributed by atoms with Gasteiger partial charge in [-0.25, -0.2) is 4.39 Å². The van der Waals surface area contributed by atoms with E-state index in [-0.39, 0.29) is 5.02 Å². The molecule has 0 heterocycles. The SMILES string of the molecule is C[C@@H](O)c1ccc(Oc2ccc(F)c(Cl)c2)c(Cl)c1. The summed E-state index contributed by atoms with van der Waals surface area (Å²) in [5.74, 6) is 0.288. The number of hydrogen-bond donors (Lipinski definition) is 1. The van der Waals surface area contributed by atoms with Crippen LogP contribution in [0.5, 0.6) is 11.5 Å². The molecule has 1 atom stereocenters. The van der Waals surface area contributed by atoms with Crippen molar-refractivity contribution in [3.05, 3.63) is 57.8 Å². The molecule has 0 saturated heterocycles. The fraction of sp³-hybridized carbons (Fsp3) is 0.143. The first-order valence-electron chi connectivity index (χ1n) is 5.58. The van der Waals surface area contributed by atoms with Gasteiger partial charge in [-0.3, -0.25) is 0 Å².